The Morgan fingerprint density at radius 1 is 1.17 bits per heavy atom. The minimum Gasteiger partial charge on any atom is -0.545 e. The Balaban J connectivity index is 3.35. The number of aliphatic carboxylic acids is 1. The van der Waals surface area contributed by atoms with E-state index in [1.807, 2.05) is 6.07 Å². The summed E-state index contributed by atoms with van der Waals surface area (Å²) in [5, 5.41) is 10.5. The molecule has 0 heterocycles. The first-order valence-corrected chi connectivity index (χ1v) is 6.37. The highest BCUT2D eigenvalue weighted by atomic mass is 16.4. The Bertz CT molecular complexity index is 468. The number of carbonyl (C=O) groups is 1. The van der Waals surface area contributed by atoms with Crippen LogP contribution in [0.5, 0.6) is 0 Å². The fourth-order valence-corrected chi connectivity index (χ4v) is 2.37. The number of carboxylic acid groups (broad SMARTS) is 1. The summed E-state index contributed by atoms with van der Waals surface area (Å²) in [4.78, 5) is 10.5. The van der Waals surface area contributed by atoms with E-state index >= 15 is 0 Å². The Morgan fingerprint density at radius 2 is 1.78 bits per heavy atom. The first-order chi connectivity index (χ1) is 8.34. The van der Waals surface area contributed by atoms with Crippen LogP contribution in [0.3, 0.4) is 0 Å². The maximum absolute atomic E-state index is 10.5. The molecule has 0 fully saturated rings. The van der Waals surface area contributed by atoms with E-state index in [-0.39, 0.29) is 0 Å². The van der Waals surface area contributed by atoms with Gasteiger partial charge in [-0.15, -0.1) is 0 Å². The van der Waals surface area contributed by atoms with Gasteiger partial charge < -0.3 is 9.90 Å². The van der Waals surface area contributed by atoms with Gasteiger partial charge in [-0.1, -0.05) is 45.9 Å². The summed E-state index contributed by atoms with van der Waals surface area (Å²) < 4.78 is 0. The third-order valence-corrected chi connectivity index (χ3v) is 3.19. The molecule has 0 aliphatic carbocycles. The van der Waals surface area contributed by atoms with Crippen LogP contribution in [0.1, 0.15) is 61.8 Å². The lowest BCUT2D eigenvalue weighted by Gasteiger charge is -2.20. The van der Waals surface area contributed by atoms with Crippen LogP contribution in [-0.4, -0.2) is 5.97 Å². The second-order valence-electron chi connectivity index (χ2n) is 5.24. The molecule has 1 aromatic carbocycles. The molecule has 0 aliphatic rings. The fraction of sp³-hybridized carbons (Fsp3) is 0.438. The smallest absolute Gasteiger partial charge is 0.0643 e. The number of hydrogen-bond acceptors (Lipinski definition) is 2. The van der Waals surface area contributed by atoms with Crippen LogP contribution >= 0.6 is 0 Å². The van der Waals surface area contributed by atoms with E-state index in [4.69, 9.17) is 0 Å². The van der Waals surface area contributed by atoms with E-state index in [0.29, 0.717) is 11.8 Å². The van der Waals surface area contributed by atoms with Crippen LogP contribution in [0.25, 0.3) is 6.08 Å². The molecule has 0 aromatic heterocycles. The van der Waals surface area contributed by atoms with Gasteiger partial charge in [0.05, 0.1) is 5.97 Å². The molecule has 0 saturated carbocycles. The standard InChI is InChI=1S/C16H22O2/c1-10(2)14-8-6-13(7-9-15(17)18)12(5)16(14)11(3)4/h6-11H,1-5H3,(H,17,18)/p-1/b9-7+. The Kier molecular flexibility index (Phi) is 4.71. The van der Waals surface area contributed by atoms with Crippen molar-refractivity contribution in [2.75, 3.05) is 0 Å². The molecule has 98 valence electrons. The molecule has 0 unspecified atom stereocenters. The zero-order valence-corrected chi connectivity index (χ0v) is 11.8. The van der Waals surface area contributed by atoms with Crippen LogP contribution in [0.2, 0.25) is 0 Å². The molecule has 0 atom stereocenters. The lowest BCUT2D eigenvalue weighted by atomic mass is 9.85. The van der Waals surface area contributed by atoms with Crippen LogP contribution in [0.15, 0.2) is 18.2 Å². The van der Waals surface area contributed by atoms with Crippen molar-refractivity contribution < 1.29 is 9.90 Å². The van der Waals surface area contributed by atoms with Gasteiger partial charge in [0.25, 0.3) is 0 Å². The molecular formula is C16H21O2-. The second kappa shape index (κ2) is 5.85. The molecule has 18 heavy (non-hydrogen) atoms. The highest BCUT2D eigenvalue weighted by Gasteiger charge is 2.14. The van der Waals surface area contributed by atoms with Crippen molar-refractivity contribution in [3.05, 3.63) is 40.5 Å². The molecule has 0 saturated heterocycles. The lowest BCUT2D eigenvalue weighted by molar-refractivity contribution is -0.297. The highest BCUT2D eigenvalue weighted by molar-refractivity contribution is 5.84. The van der Waals surface area contributed by atoms with Gasteiger partial charge in [0.15, 0.2) is 0 Å². The average Bonchev–Trinajstić information content (AvgIpc) is 2.25. The van der Waals surface area contributed by atoms with E-state index in [9.17, 15) is 9.90 Å². The van der Waals surface area contributed by atoms with Crippen molar-refractivity contribution in [1.29, 1.82) is 0 Å². The first kappa shape index (κ1) is 14.5. The predicted octanol–water partition coefficient (Wildman–Crippen LogP) is 3.00. The van der Waals surface area contributed by atoms with Gasteiger partial charge in [-0.05, 0) is 47.1 Å². The molecule has 1 aromatic rings. The lowest BCUT2D eigenvalue weighted by Crippen LogP contribution is -2.18. The Morgan fingerprint density at radius 3 is 2.22 bits per heavy atom. The average molecular weight is 245 g/mol. The van der Waals surface area contributed by atoms with E-state index in [0.717, 1.165) is 17.2 Å². The van der Waals surface area contributed by atoms with Gasteiger partial charge in [-0.25, -0.2) is 0 Å². The van der Waals surface area contributed by atoms with E-state index in [1.54, 1.807) is 6.08 Å². The van der Waals surface area contributed by atoms with Crippen LogP contribution < -0.4 is 5.11 Å². The summed E-state index contributed by atoms with van der Waals surface area (Å²) in [6.07, 6.45) is 2.70. The molecule has 0 aliphatic heterocycles. The van der Waals surface area contributed by atoms with Gasteiger partial charge in [0.2, 0.25) is 0 Å². The summed E-state index contributed by atoms with van der Waals surface area (Å²) >= 11 is 0. The summed E-state index contributed by atoms with van der Waals surface area (Å²) in [5.41, 5.74) is 4.78. The maximum Gasteiger partial charge on any atom is 0.0643 e. The summed E-state index contributed by atoms with van der Waals surface area (Å²) in [7, 11) is 0. The summed E-state index contributed by atoms with van der Waals surface area (Å²) in [5.74, 6) is -0.257. The largest absolute Gasteiger partial charge is 0.545 e. The quantitative estimate of drug-likeness (QED) is 0.765. The van der Waals surface area contributed by atoms with Crippen LogP contribution in [0.4, 0.5) is 0 Å². The predicted molar refractivity (Wildman–Crippen MR) is 73.4 cm³/mol. The molecule has 1 rings (SSSR count). The topological polar surface area (TPSA) is 40.1 Å². The molecule has 0 spiro atoms. The number of carbonyl (C=O) groups excluding carboxylic acids is 1. The van der Waals surface area contributed by atoms with Gasteiger partial charge in [0.1, 0.15) is 0 Å². The zero-order valence-electron chi connectivity index (χ0n) is 11.8. The van der Waals surface area contributed by atoms with Crippen LogP contribution in [0, 0.1) is 6.92 Å². The van der Waals surface area contributed by atoms with E-state index < -0.39 is 5.97 Å². The summed E-state index contributed by atoms with van der Waals surface area (Å²) in [6, 6.07) is 4.08. The first-order valence-electron chi connectivity index (χ1n) is 6.37. The van der Waals surface area contributed by atoms with E-state index in [1.165, 1.54) is 11.1 Å². The summed E-state index contributed by atoms with van der Waals surface area (Å²) in [6.45, 7) is 10.7. The normalized spacial score (nSPS) is 11.7. The van der Waals surface area contributed by atoms with Gasteiger partial charge in [-0.2, -0.15) is 0 Å². The van der Waals surface area contributed by atoms with Gasteiger partial charge >= 0.3 is 0 Å². The number of rotatable bonds is 4. The van der Waals surface area contributed by atoms with Crippen molar-refractivity contribution >= 4 is 12.0 Å². The number of hydrogen-bond donors (Lipinski definition) is 0. The monoisotopic (exact) mass is 245 g/mol. The molecule has 0 bridgehead atoms. The Labute approximate surface area is 109 Å². The molecule has 0 radical (unpaired) electrons. The van der Waals surface area contributed by atoms with Crippen molar-refractivity contribution in [3.8, 4) is 0 Å². The maximum atomic E-state index is 10.5. The molecule has 0 N–H and O–H groups in total. The minimum atomic E-state index is -1.16. The van der Waals surface area contributed by atoms with Gasteiger partial charge in [0, 0.05) is 0 Å². The number of carboxylic acids is 1. The third kappa shape index (κ3) is 3.22. The molecular weight excluding hydrogens is 224 g/mol. The SMILES string of the molecule is Cc1c(/C=C/C(=O)[O-])ccc(C(C)C)c1C(C)C. The molecule has 2 heteroatoms. The fourth-order valence-electron chi connectivity index (χ4n) is 2.37. The van der Waals surface area contributed by atoms with Crippen molar-refractivity contribution in [3.63, 3.8) is 0 Å². The van der Waals surface area contributed by atoms with Crippen LogP contribution in [-0.2, 0) is 4.79 Å². The minimum absolute atomic E-state index is 0.429. The van der Waals surface area contributed by atoms with Crippen molar-refractivity contribution in [1.82, 2.24) is 0 Å². The highest BCUT2D eigenvalue weighted by Crippen LogP contribution is 2.31. The van der Waals surface area contributed by atoms with E-state index in [2.05, 4.69) is 40.7 Å². The molecule has 0 amide bonds. The van der Waals surface area contributed by atoms with Crippen molar-refractivity contribution in [2.24, 2.45) is 0 Å². The van der Waals surface area contributed by atoms with Crippen molar-refractivity contribution in [2.45, 2.75) is 46.5 Å². The Hall–Kier alpha value is -1.57. The number of benzene rings is 1. The molecule has 2 nitrogen and oxygen atoms in total. The van der Waals surface area contributed by atoms with Gasteiger partial charge in [-0.3, -0.25) is 0 Å². The third-order valence-electron chi connectivity index (χ3n) is 3.19. The second-order valence-corrected chi connectivity index (χ2v) is 5.24. The zero-order chi connectivity index (χ0) is 13.9.